The van der Waals surface area contributed by atoms with E-state index in [1.807, 2.05) is 0 Å². The summed E-state index contributed by atoms with van der Waals surface area (Å²) in [5.41, 5.74) is -0.951. The Hall–Kier alpha value is -2.08. The van der Waals surface area contributed by atoms with E-state index in [4.69, 9.17) is 10.2 Å². The fraction of sp³-hybridized carbons (Fsp3) is 0.250. The minimum Gasteiger partial charge on any atom is -0.478 e. The van der Waals surface area contributed by atoms with Gasteiger partial charge in [0.15, 0.2) is 0 Å². The molecule has 0 amide bonds. The summed E-state index contributed by atoms with van der Waals surface area (Å²) in [5, 5.41) is 16.8. The first kappa shape index (κ1) is 14.9. The van der Waals surface area contributed by atoms with Gasteiger partial charge in [-0.05, 0) is 0 Å². The first-order chi connectivity index (χ1) is 7.86. The predicted octanol–water partition coefficient (Wildman–Crippen LogP) is -0.168. The molecule has 17 heavy (non-hydrogen) atoms. The van der Waals surface area contributed by atoms with Crippen LogP contribution in [-0.4, -0.2) is 39.7 Å². The van der Waals surface area contributed by atoms with Gasteiger partial charge in [-0.2, -0.15) is 0 Å². The summed E-state index contributed by atoms with van der Waals surface area (Å²) >= 11 is 0. The van der Waals surface area contributed by atoms with E-state index in [0.717, 1.165) is 0 Å². The van der Waals surface area contributed by atoms with E-state index < -0.39 is 44.4 Å². The quantitative estimate of drug-likeness (QED) is 0.366. The summed E-state index contributed by atoms with van der Waals surface area (Å²) in [5.74, 6) is -4.24. The molecule has 0 aromatic heterocycles. The average molecular weight is 262 g/mol. The van der Waals surface area contributed by atoms with Gasteiger partial charge in [0.2, 0.25) is 20.1 Å². The zero-order chi connectivity index (χ0) is 13.4. The summed E-state index contributed by atoms with van der Waals surface area (Å²) < 4.78 is 14.4. The van der Waals surface area contributed by atoms with Crippen LogP contribution in [-0.2, 0) is 28.5 Å². The number of carbonyl (C=O) groups is 4. The molecule has 0 aromatic rings. The number of rotatable bonds is 7. The molecule has 0 aliphatic carbocycles. The molecule has 0 saturated heterocycles. The summed E-state index contributed by atoms with van der Waals surface area (Å²) in [6.45, 7) is 0. The Bertz CT molecular complexity index is 385. The van der Waals surface area contributed by atoms with Crippen LogP contribution in [0.25, 0.3) is 0 Å². The Morgan fingerprint density at radius 1 is 1.18 bits per heavy atom. The zero-order valence-corrected chi connectivity index (χ0v) is 9.12. The van der Waals surface area contributed by atoms with Crippen molar-refractivity contribution in [3.05, 3.63) is 12.2 Å². The summed E-state index contributed by atoms with van der Waals surface area (Å²) in [4.78, 5) is 42.2. The smallest absolute Gasteiger partial charge is 0.345 e. The minimum absolute atomic E-state index is 0.453. The standard InChI is InChI=1S/C8H7O8P/c9-5(10)1-2-6(11)16-4(8(13)14)3-7(12)17-15/h1-2,4H,3H2,(H,9,10)(H,13,14)/b2-1+/t4-/m0/s1. The van der Waals surface area contributed by atoms with Crippen LogP contribution in [0.2, 0.25) is 0 Å². The highest BCUT2D eigenvalue weighted by atomic mass is 31.1. The van der Waals surface area contributed by atoms with Gasteiger partial charge in [0.1, 0.15) is 0 Å². The molecule has 1 atom stereocenters. The van der Waals surface area contributed by atoms with Gasteiger partial charge in [-0.15, -0.1) is 0 Å². The van der Waals surface area contributed by atoms with Crippen LogP contribution in [0.15, 0.2) is 12.2 Å². The maximum Gasteiger partial charge on any atom is 0.345 e. The molecule has 0 rings (SSSR count). The molecule has 0 aliphatic rings. The molecule has 0 bridgehead atoms. The van der Waals surface area contributed by atoms with Crippen molar-refractivity contribution >= 4 is 31.9 Å². The average Bonchev–Trinajstić information content (AvgIpc) is 2.25. The monoisotopic (exact) mass is 262 g/mol. The highest BCUT2D eigenvalue weighted by molar-refractivity contribution is 7.46. The van der Waals surface area contributed by atoms with E-state index in [0.29, 0.717) is 12.2 Å². The van der Waals surface area contributed by atoms with Gasteiger partial charge >= 0.3 is 17.9 Å². The van der Waals surface area contributed by atoms with Crippen molar-refractivity contribution in [1.29, 1.82) is 0 Å². The van der Waals surface area contributed by atoms with E-state index in [9.17, 15) is 23.7 Å². The lowest BCUT2D eigenvalue weighted by molar-refractivity contribution is -0.161. The van der Waals surface area contributed by atoms with Crippen molar-refractivity contribution in [2.24, 2.45) is 0 Å². The van der Waals surface area contributed by atoms with Crippen LogP contribution in [0.4, 0.5) is 0 Å². The molecule has 92 valence electrons. The highest BCUT2D eigenvalue weighted by Crippen LogP contribution is 2.07. The zero-order valence-electron chi connectivity index (χ0n) is 8.23. The van der Waals surface area contributed by atoms with Crippen molar-refractivity contribution < 1.29 is 38.7 Å². The lowest BCUT2D eigenvalue weighted by Crippen LogP contribution is -2.28. The van der Waals surface area contributed by atoms with Crippen molar-refractivity contribution in [1.82, 2.24) is 0 Å². The molecule has 9 heteroatoms. The molecule has 0 spiro atoms. The Morgan fingerprint density at radius 3 is 2.18 bits per heavy atom. The molecular weight excluding hydrogens is 255 g/mol. The van der Waals surface area contributed by atoms with E-state index in [2.05, 4.69) is 4.74 Å². The number of hydrogen-bond donors (Lipinski definition) is 2. The number of esters is 1. The summed E-state index contributed by atoms with van der Waals surface area (Å²) in [6, 6.07) is 0. The van der Waals surface area contributed by atoms with Crippen molar-refractivity contribution in [2.75, 3.05) is 0 Å². The Morgan fingerprint density at radius 2 is 1.76 bits per heavy atom. The fourth-order valence-electron chi connectivity index (χ4n) is 0.694. The second-order valence-electron chi connectivity index (χ2n) is 2.62. The molecule has 0 radical (unpaired) electrons. The van der Waals surface area contributed by atoms with Crippen molar-refractivity contribution in [3.8, 4) is 0 Å². The van der Waals surface area contributed by atoms with Crippen molar-refractivity contribution in [3.63, 3.8) is 0 Å². The molecular formula is C8H7O8P. The molecule has 0 aliphatic heterocycles. The maximum absolute atomic E-state index is 10.9. The highest BCUT2D eigenvalue weighted by Gasteiger charge is 2.24. The fourth-order valence-corrected chi connectivity index (χ4v) is 0.934. The van der Waals surface area contributed by atoms with Crippen LogP contribution in [0.3, 0.4) is 0 Å². The number of hydrogen-bond acceptors (Lipinski definition) is 6. The SMILES string of the molecule is O=PC(=O)C[C@H](OC(=O)/C=C/C(=O)O)C(=O)O. The topological polar surface area (TPSA) is 135 Å². The molecule has 0 fully saturated rings. The Labute approximate surface area is 96.1 Å². The van der Waals surface area contributed by atoms with E-state index in [1.165, 1.54) is 0 Å². The molecule has 2 N–H and O–H groups in total. The van der Waals surface area contributed by atoms with Gasteiger partial charge in [0, 0.05) is 12.2 Å². The number of carboxylic acid groups (broad SMARTS) is 2. The Balaban J connectivity index is 4.50. The second kappa shape index (κ2) is 7.24. The molecule has 0 aromatic carbocycles. The lowest BCUT2D eigenvalue weighted by Gasteiger charge is -2.09. The lowest BCUT2D eigenvalue weighted by atomic mass is 10.3. The number of aliphatic carboxylic acids is 2. The number of ether oxygens (including phenoxy) is 1. The molecule has 0 unspecified atom stereocenters. The second-order valence-corrected chi connectivity index (χ2v) is 3.31. The van der Waals surface area contributed by atoms with Crippen LogP contribution in [0.1, 0.15) is 6.42 Å². The third kappa shape index (κ3) is 6.91. The molecule has 0 saturated carbocycles. The summed E-state index contributed by atoms with van der Waals surface area (Å²) in [6.07, 6.45) is -1.60. The van der Waals surface area contributed by atoms with Gasteiger partial charge in [0.05, 0.1) is 6.42 Å². The van der Waals surface area contributed by atoms with Gasteiger partial charge in [0.25, 0.3) is 0 Å². The van der Waals surface area contributed by atoms with Crippen LogP contribution < -0.4 is 0 Å². The Kier molecular flexibility index (Phi) is 6.35. The first-order valence-corrected chi connectivity index (χ1v) is 4.88. The predicted molar refractivity (Wildman–Crippen MR) is 51.5 cm³/mol. The minimum atomic E-state index is -1.80. The summed E-state index contributed by atoms with van der Waals surface area (Å²) in [7, 11) is -0.892. The van der Waals surface area contributed by atoms with E-state index in [1.54, 1.807) is 0 Å². The van der Waals surface area contributed by atoms with E-state index in [-0.39, 0.29) is 0 Å². The molecule has 0 heterocycles. The third-order valence-corrected chi connectivity index (χ3v) is 1.74. The van der Waals surface area contributed by atoms with Crippen molar-refractivity contribution in [2.45, 2.75) is 12.5 Å². The normalized spacial score (nSPS) is 12.2. The van der Waals surface area contributed by atoms with Gasteiger partial charge in [-0.1, -0.05) is 0 Å². The molecule has 8 nitrogen and oxygen atoms in total. The number of carboxylic acids is 2. The third-order valence-electron chi connectivity index (χ3n) is 1.36. The van der Waals surface area contributed by atoms with Crippen LogP contribution in [0, 0.1) is 0 Å². The van der Waals surface area contributed by atoms with E-state index >= 15 is 0 Å². The maximum atomic E-state index is 10.9. The van der Waals surface area contributed by atoms with Gasteiger partial charge in [-0.3, -0.25) is 9.36 Å². The van der Waals surface area contributed by atoms with Gasteiger partial charge in [-0.25, -0.2) is 14.4 Å². The largest absolute Gasteiger partial charge is 0.478 e. The van der Waals surface area contributed by atoms with Gasteiger partial charge < -0.3 is 14.9 Å². The first-order valence-electron chi connectivity index (χ1n) is 4.07. The van der Waals surface area contributed by atoms with Crippen LogP contribution >= 0.6 is 8.46 Å². The number of carbonyl (C=O) groups excluding carboxylic acids is 2. The van der Waals surface area contributed by atoms with Crippen LogP contribution in [0.5, 0.6) is 0 Å².